The van der Waals surface area contributed by atoms with E-state index in [4.69, 9.17) is 11.6 Å². The van der Waals surface area contributed by atoms with Crippen LogP contribution in [0.3, 0.4) is 0 Å². The fourth-order valence-electron chi connectivity index (χ4n) is 3.38. The van der Waals surface area contributed by atoms with E-state index in [9.17, 15) is 13.2 Å². The van der Waals surface area contributed by atoms with Gasteiger partial charge in [-0.1, -0.05) is 42.3 Å². The quantitative estimate of drug-likeness (QED) is 0.350. The van der Waals surface area contributed by atoms with Crippen LogP contribution in [0.25, 0.3) is 15.3 Å². The summed E-state index contributed by atoms with van der Waals surface area (Å²) in [5.74, 6) is 0.0669. The van der Waals surface area contributed by atoms with Crippen molar-refractivity contribution in [3.8, 4) is 5.13 Å². The molecular formula is C23H24ClN5O3S2. The number of aryl methyl sites for hydroxylation is 1. The summed E-state index contributed by atoms with van der Waals surface area (Å²) < 4.78 is 29.2. The lowest BCUT2D eigenvalue weighted by molar-refractivity contribution is 0.102. The molecule has 2 aromatic carbocycles. The van der Waals surface area contributed by atoms with Crippen molar-refractivity contribution in [1.82, 2.24) is 19.1 Å². The Labute approximate surface area is 207 Å². The second kappa shape index (κ2) is 9.83. The summed E-state index contributed by atoms with van der Waals surface area (Å²) >= 11 is 7.67. The highest BCUT2D eigenvalue weighted by Crippen LogP contribution is 2.31. The Hall–Kier alpha value is -2.79. The number of aromatic nitrogens is 3. The lowest BCUT2D eigenvalue weighted by Gasteiger charge is -2.17. The number of amides is 1. The first-order valence-electron chi connectivity index (χ1n) is 10.7. The van der Waals surface area contributed by atoms with Crippen molar-refractivity contribution in [2.75, 3.05) is 18.9 Å². The maximum atomic E-state index is 12.9. The minimum absolute atomic E-state index is 0.148. The van der Waals surface area contributed by atoms with Crippen molar-refractivity contribution in [2.45, 2.75) is 31.6 Å². The third kappa shape index (κ3) is 4.85. The number of sulfonamides is 1. The highest BCUT2D eigenvalue weighted by Gasteiger charge is 2.21. The number of nitrogens with one attached hydrogen (secondary N) is 1. The summed E-state index contributed by atoms with van der Waals surface area (Å²) in [4.78, 5) is 17.6. The topological polar surface area (TPSA) is 97.2 Å². The highest BCUT2D eigenvalue weighted by atomic mass is 35.5. The van der Waals surface area contributed by atoms with Crippen LogP contribution in [0.5, 0.6) is 0 Å². The lowest BCUT2D eigenvalue weighted by Crippen LogP contribution is -2.28. The van der Waals surface area contributed by atoms with E-state index in [2.05, 4.69) is 15.4 Å². The summed E-state index contributed by atoms with van der Waals surface area (Å²) in [6.45, 7) is 4.27. The molecule has 0 radical (unpaired) electrons. The number of unbranched alkanes of at least 4 members (excludes halogenated alkanes) is 1. The van der Waals surface area contributed by atoms with Gasteiger partial charge in [0.05, 0.1) is 20.3 Å². The van der Waals surface area contributed by atoms with E-state index in [-0.39, 0.29) is 10.8 Å². The Morgan fingerprint density at radius 1 is 1.21 bits per heavy atom. The van der Waals surface area contributed by atoms with E-state index in [1.807, 2.05) is 26.0 Å². The fraction of sp³-hybridized carbons (Fsp3) is 0.261. The van der Waals surface area contributed by atoms with Crippen LogP contribution < -0.4 is 5.32 Å². The van der Waals surface area contributed by atoms with E-state index in [1.54, 1.807) is 23.9 Å². The average molecular weight is 518 g/mol. The number of rotatable bonds is 8. The molecule has 0 fully saturated rings. The van der Waals surface area contributed by atoms with Crippen molar-refractivity contribution in [3.63, 3.8) is 0 Å². The van der Waals surface area contributed by atoms with E-state index < -0.39 is 10.0 Å². The molecule has 0 atom stereocenters. The summed E-state index contributed by atoms with van der Waals surface area (Å²) in [5, 5.41) is 8.43. The van der Waals surface area contributed by atoms with Crippen LogP contribution in [0, 0.1) is 6.92 Å². The van der Waals surface area contributed by atoms with Crippen molar-refractivity contribution in [3.05, 3.63) is 64.8 Å². The molecule has 0 aliphatic rings. The van der Waals surface area contributed by atoms with Crippen molar-refractivity contribution < 1.29 is 13.2 Å². The third-order valence-electron chi connectivity index (χ3n) is 5.26. The molecule has 1 amide bonds. The largest absolute Gasteiger partial charge is 0.306 e. The van der Waals surface area contributed by atoms with Crippen LogP contribution in [-0.2, 0) is 10.0 Å². The van der Waals surface area contributed by atoms with Crippen molar-refractivity contribution in [1.29, 1.82) is 0 Å². The molecule has 178 valence electrons. The SMILES string of the molecule is CCCCN(C)S(=O)(=O)c1ccc(C(=O)Nc2cc(C)nn2-c2nc3c(Cl)cccc3s2)cc1. The van der Waals surface area contributed by atoms with Crippen LogP contribution in [0.15, 0.2) is 53.4 Å². The number of hydrogen-bond acceptors (Lipinski definition) is 6. The first kappa shape index (κ1) is 24.3. The van der Waals surface area contributed by atoms with Gasteiger partial charge in [0, 0.05) is 25.2 Å². The second-order valence-electron chi connectivity index (χ2n) is 7.82. The van der Waals surface area contributed by atoms with E-state index in [0.29, 0.717) is 39.3 Å². The molecule has 11 heteroatoms. The molecule has 2 aromatic heterocycles. The Bertz CT molecular complexity index is 1450. The molecular weight excluding hydrogens is 494 g/mol. The zero-order valence-electron chi connectivity index (χ0n) is 18.9. The number of anilines is 1. The normalized spacial score (nSPS) is 11.9. The van der Waals surface area contributed by atoms with Crippen LogP contribution in [0.2, 0.25) is 5.02 Å². The Kier molecular flexibility index (Phi) is 7.04. The number of para-hydroxylation sites is 1. The van der Waals surface area contributed by atoms with Crippen molar-refractivity contribution >= 4 is 54.9 Å². The van der Waals surface area contributed by atoms with Gasteiger partial charge in [-0.15, -0.1) is 0 Å². The average Bonchev–Trinajstić information content (AvgIpc) is 3.41. The van der Waals surface area contributed by atoms with Gasteiger partial charge in [0.25, 0.3) is 5.91 Å². The summed E-state index contributed by atoms with van der Waals surface area (Å²) in [6.07, 6.45) is 1.68. The summed E-state index contributed by atoms with van der Waals surface area (Å²) in [6, 6.07) is 13.2. The highest BCUT2D eigenvalue weighted by molar-refractivity contribution is 7.89. The standard InChI is InChI=1S/C23H24ClN5O3S2/c1-4-5-13-28(3)34(31,32)17-11-9-16(10-12-17)22(30)25-20-14-15(2)27-29(20)23-26-21-18(24)7-6-8-19(21)33-23/h6-12,14H,4-5,13H2,1-3H3,(H,25,30). The van der Waals surface area contributed by atoms with Gasteiger partial charge in [0.15, 0.2) is 0 Å². The van der Waals surface area contributed by atoms with Gasteiger partial charge in [-0.25, -0.2) is 17.7 Å². The maximum Gasteiger partial charge on any atom is 0.256 e. The molecule has 4 rings (SSSR count). The van der Waals surface area contributed by atoms with Gasteiger partial charge in [0.1, 0.15) is 11.3 Å². The minimum Gasteiger partial charge on any atom is -0.306 e. The van der Waals surface area contributed by atoms with Gasteiger partial charge in [-0.2, -0.15) is 9.78 Å². The number of nitrogens with zero attached hydrogens (tertiary/aromatic N) is 4. The van der Waals surface area contributed by atoms with E-state index >= 15 is 0 Å². The molecule has 0 saturated heterocycles. The van der Waals surface area contributed by atoms with Crippen molar-refractivity contribution in [2.24, 2.45) is 0 Å². The second-order valence-corrected chi connectivity index (χ2v) is 11.3. The smallest absolute Gasteiger partial charge is 0.256 e. The Morgan fingerprint density at radius 3 is 2.62 bits per heavy atom. The zero-order valence-corrected chi connectivity index (χ0v) is 21.3. The number of carbonyl (C=O) groups is 1. The molecule has 0 bridgehead atoms. The van der Waals surface area contributed by atoms with E-state index in [0.717, 1.165) is 17.5 Å². The van der Waals surface area contributed by atoms with Crippen LogP contribution >= 0.6 is 22.9 Å². The third-order valence-corrected chi connectivity index (χ3v) is 8.44. The van der Waals surface area contributed by atoms with E-state index in [1.165, 1.54) is 39.9 Å². The monoisotopic (exact) mass is 517 g/mol. The number of carbonyl (C=O) groups excluding carboxylic acids is 1. The van der Waals surface area contributed by atoms with Gasteiger partial charge in [0.2, 0.25) is 15.2 Å². The number of halogens is 1. The summed E-state index contributed by atoms with van der Waals surface area (Å²) in [7, 11) is -2.04. The molecule has 34 heavy (non-hydrogen) atoms. The molecule has 8 nitrogen and oxygen atoms in total. The van der Waals surface area contributed by atoms with Crippen LogP contribution in [-0.4, -0.2) is 47.0 Å². The van der Waals surface area contributed by atoms with Gasteiger partial charge < -0.3 is 5.32 Å². The lowest BCUT2D eigenvalue weighted by atomic mass is 10.2. The molecule has 0 aliphatic carbocycles. The van der Waals surface area contributed by atoms with Gasteiger partial charge in [-0.3, -0.25) is 4.79 Å². The number of fused-ring (bicyclic) bond motifs is 1. The molecule has 0 aliphatic heterocycles. The molecule has 0 spiro atoms. The first-order chi connectivity index (χ1) is 16.2. The fourth-order valence-corrected chi connectivity index (χ4v) is 5.82. The maximum absolute atomic E-state index is 12.9. The first-order valence-corrected chi connectivity index (χ1v) is 13.3. The Morgan fingerprint density at radius 2 is 1.94 bits per heavy atom. The molecule has 1 N–H and O–H groups in total. The summed E-state index contributed by atoms with van der Waals surface area (Å²) in [5.41, 5.74) is 1.71. The number of thiazole rings is 1. The predicted molar refractivity (Wildman–Crippen MR) is 136 cm³/mol. The van der Waals surface area contributed by atoms with Crippen LogP contribution in [0.4, 0.5) is 5.82 Å². The van der Waals surface area contributed by atoms with Crippen LogP contribution in [0.1, 0.15) is 35.8 Å². The Balaban J connectivity index is 1.56. The van der Waals surface area contributed by atoms with Gasteiger partial charge in [-0.05, 0) is 49.7 Å². The predicted octanol–water partition coefficient (Wildman–Crippen LogP) is 5.12. The molecule has 0 saturated carbocycles. The molecule has 4 aromatic rings. The number of hydrogen-bond donors (Lipinski definition) is 1. The molecule has 0 unspecified atom stereocenters. The minimum atomic E-state index is -3.60. The molecule has 2 heterocycles. The zero-order chi connectivity index (χ0) is 24.5. The number of benzene rings is 2. The van der Waals surface area contributed by atoms with Gasteiger partial charge >= 0.3 is 0 Å².